The summed E-state index contributed by atoms with van der Waals surface area (Å²) in [5.74, 6) is -0.0467. The molecular formula is C11H14FNO2S. The van der Waals surface area contributed by atoms with Gasteiger partial charge < -0.3 is 5.32 Å². The van der Waals surface area contributed by atoms with E-state index in [0.717, 1.165) is 0 Å². The summed E-state index contributed by atoms with van der Waals surface area (Å²) in [6.45, 7) is 2.11. The smallest absolute Gasteiger partial charge is 0.254 e. The second-order valence-corrected chi connectivity index (χ2v) is 5.03. The summed E-state index contributed by atoms with van der Waals surface area (Å²) in [6.07, 6.45) is 0. The molecule has 0 spiro atoms. The lowest BCUT2D eigenvalue weighted by molar-refractivity contribution is 0.0952. The first-order chi connectivity index (χ1) is 7.65. The van der Waals surface area contributed by atoms with Crippen LogP contribution >= 0.6 is 0 Å². The summed E-state index contributed by atoms with van der Waals surface area (Å²) in [5, 5.41) is 2.53. The molecule has 0 radical (unpaired) electrons. The van der Waals surface area contributed by atoms with Gasteiger partial charge in [0.1, 0.15) is 5.82 Å². The Balaban J connectivity index is 2.47. The van der Waals surface area contributed by atoms with Crippen molar-refractivity contribution in [3.63, 3.8) is 0 Å². The first-order valence-corrected chi connectivity index (χ1v) is 6.51. The average Bonchev–Trinajstić information content (AvgIpc) is 2.29. The summed E-state index contributed by atoms with van der Waals surface area (Å²) < 4.78 is 24.3. The van der Waals surface area contributed by atoms with E-state index >= 15 is 0 Å². The largest absolute Gasteiger partial charge is 0.351 e. The van der Waals surface area contributed by atoms with Crippen LogP contribution < -0.4 is 5.32 Å². The number of carbonyl (C=O) groups excluding carboxylic acids is 1. The van der Waals surface area contributed by atoms with Crippen molar-refractivity contribution in [2.75, 3.05) is 18.1 Å². The van der Waals surface area contributed by atoms with Gasteiger partial charge in [0.05, 0.1) is 5.56 Å². The van der Waals surface area contributed by atoms with Gasteiger partial charge in [-0.15, -0.1) is 0 Å². The molecule has 0 aliphatic carbocycles. The molecule has 1 amide bonds. The molecule has 0 bridgehead atoms. The highest BCUT2D eigenvalue weighted by atomic mass is 32.2. The zero-order chi connectivity index (χ0) is 12.0. The van der Waals surface area contributed by atoms with Gasteiger partial charge in [0, 0.05) is 28.9 Å². The number of benzene rings is 1. The molecule has 3 nitrogen and oxygen atoms in total. The lowest BCUT2D eigenvalue weighted by atomic mass is 10.2. The van der Waals surface area contributed by atoms with E-state index in [4.69, 9.17) is 0 Å². The number of carbonyl (C=O) groups is 1. The monoisotopic (exact) mass is 243 g/mol. The third kappa shape index (κ3) is 3.73. The van der Waals surface area contributed by atoms with Crippen molar-refractivity contribution in [3.05, 3.63) is 35.6 Å². The van der Waals surface area contributed by atoms with Crippen LogP contribution in [0.2, 0.25) is 0 Å². The van der Waals surface area contributed by atoms with Gasteiger partial charge in [-0.25, -0.2) is 4.39 Å². The summed E-state index contributed by atoms with van der Waals surface area (Å²) in [4.78, 5) is 11.5. The van der Waals surface area contributed by atoms with E-state index in [2.05, 4.69) is 5.32 Å². The minimum Gasteiger partial charge on any atom is -0.351 e. The molecule has 88 valence electrons. The van der Waals surface area contributed by atoms with Crippen LogP contribution in [0.25, 0.3) is 0 Å². The van der Waals surface area contributed by atoms with E-state index in [0.29, 0.717) is 18.1 Å². The highest BCUT2D eigenvalue weighted by Gasteiger charge is 2.09. The Kier molecular flexibility index (Phi) is 5.11. The number of halogens is 1. The topological polar surface area (TPSA) is 46.2 Å². The summed E-state index contributed by atoms with van der Waals surface area (Å²) in [5.41, 5.74) is 0.0183. The van der Waals surface area contributed by atoms with Crippen LogP contribution in [0.4, 0.5) is 4.39 Å². The fourth-order valence-corrected chi connectivity index (χ4v) is 1.78. The molecule has 1 unspecified atom stereocenters. The zero-order valence-corrected chi connectivity index (χ0v) is 9.85. The van der Waals surface area contributed by atoms with Gasteiger partial charge in [-0.2, -0.15) is 0 Å². The minimum absolute atomic E-state index is 0.0183. The van der Waals surface area contributed by atoms with Crippen molar-refractivity contribution >= 4 is 16.7 Å². The van der Waals surface area contributed by atoms with Gasteiger partial charge >= 0.3 is 0 Å². The van der Waals surface area contributed by atoms with E-state index in [1.807, 2.05) is 6.92 Å². The highest BCUT2D eigenvalue weighted by molar-refractivity contribution is 7.84. The van der Waals surface area contributed by atoms with E-state index in [9.17, 15) is 13.4 Å². The van der Waals surface area contributed by atoms with Crippen LogP contribution in [-0.2, 0) is 10.8 Å². The summed E-state index contributed by atoms with van der Waals surface area (Å²) >= 11 is 0. The van der Waals surface area contributed by atoms with E-state index < -0.39 is 22.5 Å². The van der Waals surface area contributed by atoms with Gasteiger partial charge in [-0.05, 0) is 12.1 Å². The van der Waals surface area contributed by atoms with Gasteiger partial charge in [-0.3, -0.25) is 9.00 Å². The molecule has 1 atom stereocenters. The van der Waals surface area contributed by atoms with Crippen LogP contribution in [0.5, 0.6) is 0 Å². The van der Waals surface area contributed by atoms with Gasteiger partial charge in [0.15, 0.2) is 0 Å². The van der Waals surface area contributed by atoms with Gasteiger partial charge in [0.25, 0.3) is 5.91 Å². The molecule has 0 aliphatic heterocycles. The van der Waals surface area contributed by atoms with E-state index in [1.54, 1.807) is 6.07 Å². The molecular weight excluding hydrogens is 229 g/mol. The third-order valence-electron chi connectivity index (χ3n) is 2.06. The Morgan fingerprint density at radius 2 is 2.12 bits per heavy atom. The van der Waals surface area contributed by atoms with Gasteiger partial charge in [0.2, 0.25) is 0 Å². The maximum Gasteiger partial charge on any atom is 0.254 e. The van der Waals surface area contributed by atoms with Crippen LogP contribution in [0, 0.1) is 5.82 Å². The number of amides is 1. The molecule has 0 heterocycles. The Hall–Kier alpha value is -1.23. The standard InChI is InChI=1S/C11H14FNO2S/c1-2-16(15)8-7-13-11(14)9-5-3-4-6-10(9)12/h3-6H,2,7-8H2,1H3,(H,13,14). The zero-order valence-electron chi connectivity index (χ0n) is 9.03. The fourth-order valence-electron chi connectivity index (χ4n) is 1.16. The average molecular weight is 243 g/mol. The molecule has 0 fully saturated rings. The predicted octanol–water partition coefficient (Wildman–Crippen LogP) is 1.32. The number of hydrogen-bond donors (Lipinski definition) is 1. The Labute approximate surface area is 96.5 Å². The van der Waals surface area contributed by atoms with Crippen LogP contribution in [0.1, 0.15) is 17.3 Å². The Bertz CT molecular complexity index is 395. The van der Waals surface area contributed by atoms with Crippen molar-refractivity contribution in [2.45, 2.75) is 6.92 Å². The maximum absolute atomic E-state index is 13.2. The van der Waals surface area contributed by atoms with Crippen LogP contribution in [-0.4, -0.2) is 28.2 Å². The molecule has 0 aliphatic rings. The number of hydrogen-bond acceptors (Lipinski definition) is 2. The predicted molar refractivity (Wildman–Crippen MR) is 62.3 cm³/mol. The second kappa shape index (κ2) is 6.37. The fraction of sp³-hybridized carbons (Fsp3) is 0.364. The van der Waals surface area contributed by atoms with E-state index in [1.165, 1.54) is 18.2 Å². The van der Waals surface area contributed by atoms with Crippen molar-refractivity contribution in [1.29, 1.82) is 0 Å². The normalized spacial score (nSPS) is 12.1. The van der Waals surface area contributed by atoms with Crippen molar-refractivity contribution in [2.24, 2.45) is 0 Å². The molecule has 5 heteroatoms. The van der Waals surface area contributed by atoms with Crippen molar-refractivity contribution < 1.29 is 13.4 Å². The van der Waals surface area contributed by atoms with Crippen LogP contribution in [0.15, 0.2) is 24.3 Å². The molecule has 16 heavy (non-hydrogen) atoms. The van der Waals surface area contributed by atoms with Crippen molar-refractivity contribution in [1.82, 2.24) is 5.32 Å². The highest BCUT2D eigenvalue weighted by Crippen LogP contribution is 2.05. The lowest BCUT2D eigenvalue weighted by Gasteiger charge is -2.05. The quantitative estimate of drug-likeness (QED) is 0.848. The second-order valence-electron chi connectivity index (χ2n) is 3.17. The summed E-state index contributed by atoms with van der Waals surface area (Å²) in [7, 11) is -0.914. The SMILES string of the molecule is CCS(=O)CCNC(=O)c1ccccc1F. The first-order valence-electron chi connectivity index (χ1n) is 5.03. The Morgan fingerprint density at radius 1 is 1.44 bits per heavy atom. The molecule has 1 aromatic rings. The number of rotatable bonds is 5. The number of nitrogens with one attached hydrogen (secondary N) is 1. The third-order valence-corrected chi connectivity index (χ3v) is 3.36. The van der Waals surface area contributed by atoms with Crippen LogP contribution in [0.3, 0.4) is 0 Å². The summed E-state index contributed by atoms with van der Waals surface area (Å²) in [6, 6.07) is 5.78. The molecule has 0 saturated carbocycles. The van der Waals surface area contributed by atoms with Crippen molar-refractivity contribution in [3.8, 4) is 0 Å². The minimum atomic E-state index is -0.914. The molecule has 1 rings (SSSR count). The molecule has 0 saturated heterocycles. The lowest BCUT2D eigenvalue weighted by Crippen LogP contribution is -2.28. The maximum atomic E-state index is 13.2. The Morgan fingerprint density at radius 3 is 2.75 bits per heavy atom. The van der Waals surface area contributed by atoms with Gasteiger partial charge in [-0.1, -0.05) is 19.1 Å². The molecule has 0 aromatic heterocycles. The first kappa shape index (κ1) is 12.8. The molecule has 1 aromatic carbocycles. The van der Waals surface area contributed by atoms with E-state index in [-0.39, 0.29) is 5.56 Å². The molecule has 1 N–H and O–H groups in total.